The molecule has 2 unspecified atom stereocenters. The minimum absolute atomic E-state index is 0.0756. The van der Waals surface area contributed by atoms with Gasteiger partial charge in [-0.2, -0.15) is 5.10 Å². The van der Waals surface area contributed by atoms with Crippen molar-refractivity contribution >= 4 is 0 Å². The van der Waals surface area contributed by atoms with Crippen molar-refractivity contribution in [1.29, 1.82) is 0 Å². The summed E-state index contributed by atoms with van der Waals surface area (Å²) in [7, 11) is 1.91. The van der Waals surface area contributed by atoms with Gasteiger partial charge in [-0.1, -0.05) is 0 Å². The summed E-state index contributed by atoms with van der Waals surface area (Å²) in [6, 6.07) is 0. The summed E-state index contributed by atoms with van der Waals surface area (Å²) >= 11 is 0. The molecule has 0 amide bonds. The Kier molecular flexibility index (Phi) is 3.81. The highest BCUT2D eigenvalue weighted by atomic mass is 16.5. The zero-order chi connectivity index (χ0) is 12.3. The fourth-order valence-electron chi connectivity index (χ4n) is 2.14. The van der Waals surface area contributed by atoms with Crippen LogP contribution in [0.3, 0.4) is 0 Å². The molecule has 5 heteroatoms. The second kappa shape index (κ2) is 5.16. The van der Waals surface area contributed by atoms with Crippen molar-refractivity contribution in [2.24, 2.45) is 7.05 Å². The summed E-state index contributed by atoms with van der Waals surface area (Å²) < 4.78 is 7.19. The minimum Gasteiger partial charge on any atom is -0.386 e. The van der Waals surface area contributed by atoms with E-state index in [0.29, 0.717) is 19.6 Å². The first-order valence-electron chi connectivity index (χ1n) is 6.12. The second-order valence-electron chi connectivity index (χ2n) is 4.82. The number of ether oxygens (including phenoxy) is 1. The Hall–Kier alpha value is -0.910. The van der Waals surface area contributed by atoms with Gasteiger partial charge in [-0.25, -0.2) is 0 Å². The lowest BCUT2D eigenvalue weighted by atomic mass is 9.97. The van der Waals surface area contributed by atoms with E-state index in [1.165, 1.54) is 5.56 Å². The molecular formula is C12H21N3O2. The van der Waals surface area contributed by atoms with Gasteiger partial charge in [0.1, 0.15) is 5.60 Å². The smallest absolute Gasteiger partial charge is 0.105 e. The van der Waals surface area contributed by atoms with Crippen LogP contribution >= 0.6 is 0 Å². The Balaban J connectivity index is 1.69. The zero-order valence-corrected chi connectivity index (χ0v) is 10.5. The van der Waals surface area contributed by atoms with E-state index in [-0.39, 0.29) is 6.10 Å². The lowest BCUT2D eigenvalue weighted by molar-refractivity contribution is -0.0259. The zero-order valence-electron chi connectivity index (χ0n) is 10.5. The van der Waals surface area contributed by atoms with Gasteiger partial charge in [-0.15, -0.1) is 0 Å². The maximum absolute atomic E-state index is 10.3. The van der Waals surface area contributed by atoms with E-state index in [0.717, 1.165) is 13.0 Å². The van der Waals surface area contributed by atoms with Crippen LogP contribution in [-0.4, -0.2) is 46.3 Å². The Bertz CT molecular complexity index is 366. The molecule has 0 radical (unpaired) electrons. The molecule has 2 atom stereocenters. The van der Waals surface area contributed by atoms with Crippen molar-refractivity contribution in [2.45, 2.75) is 31.5 Å². The van der Waals surface area contributed by atoms with E-state index < -0.39 is 5.60 Å². The molecule has 5 nitrogen and oxygen atoms in total. The quantitative estimate of drug-likeness (QED) is 0.715. The fourth-order valence-corrected chi connectivity index (χ4v) is 2.14. The summed E-state index contributed by atoms with van der Waals surface area (Å²) in [4.78, 5) is 0. The van der Waals surface area contributed by atoms with Crippen LogP contribution in [0.4, 0.5) is 0 Å². The van der Waals surface area contributed by atoms with E-state index in [2.05, 4.69) is 10.4 Å². The highest BCUT2D eigenvalue weighted by molar-refractivity contribution is 5.04. The van der Waals surface area contributed by atoms with Crippen LogP contribution in [0.1, 0.15) is 18.9 Å². The number of aromatic nitrogens is 2. The number of aliphatic hydroxyl groups is 1. The Labute approximate surface area is 102 Å². The Morgan fingerprint density at radius 2 is 2.53 bits per heavy atom. The van der Waals surface area contributed by atoms with E-state index in [1.807, 2.05) is 26.4 Å². The van der Waals surface area contributed by atoms with E-state index >= 15 is 0 Å². The van der Waals surface area contributed by atoms with E-state index in [4.69, 9.17) is 4.74 Å². The normalized spacial score (nSPS) is 28.8. The first kappa shape index (κ1) is 12.5. The van der Waals surface area contributed by atoms with Gasteiger partial charge in [-0.05, 0) is 25.5 Å². The summed E-state index contributed by atoms with van der Waals surface area (Å²) in [6.45, 7) is 4.02. The highest BCUT2D eigenvalue weighted by Gasteiger charge is 2.38. The minimum atomic E-state index is -0.699. The molecule has 0 bridgehead atoms. The molecule has 2 N–H and O–H groups in total. The average Bonchev–Trinajstić information content (AvgIpc) is 2.83. The van der Waals surface area contributed by atoms with Crippen molar-refractivity contribution in [3.63, 3.8) is 0 Å². The number of rotatable bonds is 5. The third kappa shape index (κ3) is 3.06. The number of nitrogens with one attached hydrogen (secondary N) is 1. The van der Waals surface area contributed by atoms with Crippen molar-refractivity contribution in [1.82, 2.24) is 15.1 Å². The fraction of sp³-hybridized carbons (Fsp3) is 0.750. The molecular weight excluding hydrogens is 218 g/mol. The van der Waals surface area contributed by atoms with Crippen molar-refractivity contribution < 1.29 is 9.84 Å². The van der Waals surface area contributed by atoms with Crippen LogP contribution in [-0.2, 0) is 18.2 Å². The molecule has 17 heavy (non-hydrogen) atoms. The van der Waals surface area contributed by atoms with Gasteiger partial charge < -0.3 is 15.2 Å². The molecule has 1 saturated heterocycles. The molecule has 0 saturated carbocycles. The summed E-state index contributed by atoms with van der Waals surface area (Å²) in [5.74, 6) is 0. The first-order chi connectivity index (χ1) is 8.10. The molecule has 96 valence electrons. The molecule has 1 fully saturated rings. The van der Waals surface area contributed by atoms with Gasteiger partial charge in [0.05, 0.1) is 12.3 Å². The summed E-state index contributed by atoms with van der Waals surface area (Å²) in [5, 5.41) is 17.7. The number of nitrogens with zero attached hydrogens (tertiary/aromatic N) is 2. The number of hydrogen-bond donors (Lipinski definition) is 2. The molecule has 0 aliphatic carbocycles. The van der Waals surface area contributed by atoms with Crippen LogP contribution < -0.4 is 5.32 Å². The molecule has 0 aromatic carbocycles. The van der Waals surface area contributed by atoms with Gasteiger partial charge in [0.15, 0.2) is 0 Å². The molecule has 1 aromatic heterocycles. The predicted octanol–water partition coefficient (Wildman–Crippen LogP) is 0.0921. The van der Waals surface area contributed by atoms with Crippen LogP contribution in [0.5, 0.6) is 0 Å². The third-order valence-corrected chi connectivity index (χ3v) is 3.44. The SMILES string of the molecule is CC1OCCC1(O)CNCCc1cnn(C)c1. The predicted molar refractivity (Wildman–Crippen MR) is 64.8 cm³/mol. The largest absolute Gasteiger partial charge is 0.386 e. The van der Waals surface area contributed by atoms with Crippen molar-refractivity contribution in [2.75, 3.05) is 19.7 Å². The molecule has 2 heterocycles. The average molecular weight is 239 g/mol. The molecule has 1 aliphatic rings. The maximum Gasteiger partial charge on any atom is 0.105 e. The van der Waals surface area contributed by atoms with Gasteiger partial charge in [0.2, 0.25) is 0 Å². The Morgan fingerprint density at radius 1 is 1.71 bits per heavy atom. The second-order valence-corrected chi connectivity index (χ2v) is 4.82. The maximum atomic E-state index is 10.3. The third-order valence-electron chi connectivity index (χ3n) is 3.44. The Morgan fingerprint density at radius 3 is 3.12 bits per heavy atom. The molecule has 0 spiro atoms. The summed E-state index contributed by atoms with van der Waals surface area (Å²) in [5.41, 5.74) is 0.511. The van der Waals surface area contributed by atoms with Crippen LogP contribution in [0, 0.1) is 0 Å². The van der Waals surface area contributed by atoms with Gasteiger partial charge in [0.25, 0.3) is 0 Å². The van der Waals surface area contributed by atoms with Gasteiger partial charge >= 0.3 is 0 Å². The number of aryl methyl sites for hydroxylation is 1. The van der Waals surface area contributed by atoms with E-state index in [9.17, 15) is 5.11 Å². The molecule has 1 aliphatic heterocycles. The summed E-state index contributed by atoms with van der Waals surface area (Å²) in [6.07, 6.45) is 5.45. The van der Waals surface area contributed by atoms with Gasteiger partial charge in [-0.3, -0.25) is 4.68 Å². The lowest BCUT2D eigenvalue weighted by Crippen LogP contribution is -2.46. The standard InChI is InChI=1S/C12H21N3O2/c1-10-12(16,4-6-17-10)9-13-5-3-11-7-14-15(2)8-11/h7-8,10,13,16H,3-6,9H2,1-2H3. The number of hydrogen-bond acceptors (Lipinski definition) is 4. The molecule has 2 rings (SSSR count). The topological polar surface area (TPSA) is 59.3 Å². The van der Waals surface area contributed by atoms with Crippen molar-refractivity contribution in [3.05, 3.63) is 18.0 Å². The van der Waals surface area contributed by atoms with E-state index in [1.54, 1.807) is 4.68 Å². The van der Waals surface area contributed by atoms with Gasteiger partial charge in [0, 0.05) is 32.8 Å². The monoisotopic (exact) mass is 239 g/mol. The van der Waals surface area contributed by atoms with Crippen LogP contribution in [0.2, 0.25) is 0 Å². The van der Waals surface area contributed by atoms with Crippen LogP contribution in [0.15, 0.2) is 12.4 Å². The van der Waals surface area contributed by atoms with Crippen molar-refractivity contribution in [3.8, 4) is 0 Å². The van der Waals surface area contributed by atoms with Crippen LogP contribution in [0.25, 0.3) is 0 Å². The highest BCUT2D eigenvalue weighted by Crippen LogP contribution is 2.24. The lowest BCUT2D eigenvalue weighted by Gasteiger charge is -2.26. The molecule has 1 aromatic rings. The first-order valence-corrected chi connectivity index (χ1v) is 6.12.